The van der Waals surface area contributed by atoms with Crippen molar-refractivity contribution in [1.29, 1.82) is 0 Å². The molecule has 0 saturated heterocycles. The van der Waals surface area contributed by atoms with Crippen molar-refractivity contribution in [3.05, 3.63) is 83.9 Å². The highest BCUT2D eigenvalue weighted by Crippen LogP contribution is 2.20. The predicted molar refractivity (Wildman–Crippen MR) is 167 cm³/mol. The van der Waals surface area contributed by atoms with Gasteiger partial charge in [0.15, 0.2) is 0 Å². The Labute approximate surface area is 263 Å². The van der Waals surface area contributed by atoms with Gasteiger partial charge in [0.1, 0.15) is 30.5 Å². The van der Waals surface area contributed by atoms with E-state index in [1.165, 1.54) is 0 Å². The molecule has 1 atom stereocenters. The molecule has 1 unspecified atom stereocenters. The lowest BCUT2D eigenvalue weighted by molar-refractivity contribution is -0.149. The van der Waals surface area contributed by atoms with Gasteiger partial charge in [0.2, 0.25) is 0 Å². The molecule has 3 aromatic rings. The molecule has 0 aromatic heterocycles. The molecule has 3 aromatic carbocycles. The molecule has 0 bridgehead atoms. The summed E-state index contributed by atoms with van der Waals surface area (Å²) in [5, 5.41) is 2.80. The Hall–Kier alpha value is -4.45. The van der Waals surface area contributed by atoms with Crippen LogP contribution in [-0.4, -0.2) is 77.8 Å². The first-order valence-electron chi connectivity index (χ1n) is 14.8. The summed E-state index contributed by atoms with van der Waals surface area (Å²) in [6.45, 7) is 6.73. The number of esters is 2. The van der Waals surface area contributed by atoms with Gasteiger partial charge in [-0.2, -0.15) is 0 Å². The Bertz CT molecular complexity index is 1310. The van der Waals surface area contributed by atoms with Crippen LogP contribution >= 0.6 is 0 Å². The molecule has 45 heavy (non-hydrogen) atoms. The largest absolute Gasteiger partial charge is 0.497 e. The third kappa shape index (κ3) is 13.0. The molecule has 1 N–H and O–H groups in total. The van der Waals surface area contributed by atoms with Crippen molar-refractivity contribution in [3.8, 4) is 17.2 Å². The minimum atomic E-state index is -0.518. The van der Waals surface area contributed by atoms with Gasteiger partial charge in [-0.15, -0.1) is 0 Å². The summed E-state index contributed by atoms with van der Waals surface area (Å²) in [6.07, 6.45) is 0.754. The molecule has 0 aliphatic carbocycles. The fourth-order valence-electron chi connectivity index (χ4n) is 3.68. The average Bonchev–Trinajstić information content (AvgIpc) is 3.07. The Morgan fingerprint density at radius 1 is 0.644 bits per heavy atom. The van der Waals surface area contributed by atoms with Gasteiger partial charge in [0.05, 0.1) is 58.2 Å². The van der Waals surface area contributed by atoms with Crippen molar-refractivity contribution >= 4 is 23.5 Å². The van der Waals surface area contributed by atoms with E-state index in [4.69, 9.17) is 33.2 Å². The summed E-state index contributed by atoms with van der Waals surface area (Å²) < 4.78 is 37.6. The van der Waals surface area contributed by atoms with Crippen molar-refractivity contribution in [2.24, 2.45) is 5.92 Å². The topological polar surface area (TPSA) is 128 Å². The van der Waals surface area contributed by atoms with E-state index in [-0.39, 0.29) is 24.4 Å². The van der Waals surface area contributed by atoms with E-state index in [9.17, 15) is 14.4 Å². The van der Waals surface area contributed by atoms with Gasteiger partial charge in [-0.05, 0) is 79.2 Å². The van der Waals surface area contributed by atoms with E-state index in [1.54, 1.807) is 79.9 Å². The van der Waals surface area contributed by atoms with Gasteiger partial charge in [-0.3, -0.25) is 9.59 Å². The number of nitrogens with one attached hydrogen (secondary N) is 1. The maximum atomic E-state index is 12.6. The summed E-state index contributed by atoms with van der Waals surface area (Å²) >= 11 is 0. The summed E-state index contributed by atoms with van der Waals surface area (Å²) in [4.78, 5) is 36.5. The van der Waals surface area contributed by atoms with Gasteiger partial charge in [0.25, 0.3) is 5.91 Å². The molecule has 0 fully saturated rings. The highest BCUT2D eigenvalue weighted by molar-refractivity contribution is 6.04. The number of hydrogen-bond acceptors (Lipinski definition) is 10. The van der Waals surface area contributed by atoms with Crippen LogP contribution in [0.1, 0.15) is 41.0 Å². The lowest BCUT2D eigenvalue weighted by Gasteiger charge is -2.10. The first-order valence-corrected chi connectivity index (χ1v) is 14.8. The number of anilines is 1. The molecule has 0 aliphatic rings. The van der Waals surface area contributed by atoms with Gasteiger partial charge in [-0.25, -0.2) is 4.79 Å². The van der Waals surface area contributed by atoms with E-state index < -0.39 is 5.97 Å². The van der Waals surface area contributed by atoms with Crippen molar-refractivity contribution in [1.82, 2.24) is 0 Å². The number of amides is 1. The van der Waals surface area contributed by atoms with Crippen molar-refractivity contribution in [3.63, 3.8) is 0 Å². The summed E-state index contributed by atoms with van der Waals surface area (Å²) in [5.41, 5.74) is 1.42. The molecule has 1 amide bonds. The highest BCUT2D eigenvalue weighted by atomic mass is 16.6. The molecule has 0 aliphatic heterocycles. The minimum absolute atomic E-state index is 0.0939. The number of carbonyl (C=O) groups excluding carboxylic acids is 3. The quantitative estimate of drug-likeness (QED) is 0.102. The molecule has 242 valence electrons. The predicted octanol–water partition coefficient (Wildman–Crippen LogP) is 5.18. The van der Waals surface area contributed by atoms with Crippen molar-refractivity contribution in [2.45, 2.75) is 20.3 Å². The normalized spacial score (nSPS) is 11.4. The van der Waals surface area contributed by atoms with Gasteiger partial charge in [-0.1, -0.05) is 13.8 Å². The molecule has 11 nitrogen and oxygen atoms in total. The van der Waals surface area contributed by atoms with Crippen LogP contribution in [0.4, 0.5) is 5.69 Å². The number of ether oxygens (including phenoxy) is 7. The first-order chi connectivity index (χ1) is 21.9. The van der Waals surface area contributed by atoms with Crippen LogP contribution in [0.5, 0.6) is 17.2 Å². The lowest BCUT2D eigenvalue weighted by atomic mass is 10.1. The molecule has 0 radical (unpaired) electrons. The van der Waals surface area contributed by atoms with Crippen LogP contribution in [0.3, 0.4) is 0 Å². The minimum Gasteiger partial charge on any atom is -0.497 e. The summed E-state index contributed by atoms with van der Waals surface area (Å²) in [6, 6.07) is 19.9. The zero-order chi connectivity index (χ0) is 32.3. The van der Waals surface area contributed by atoms with Crippen LogP contribution in [0.2, 0.25) is 0 Å². The van der Waals surface area contributed by atoms with Crippen molar-refractivity contribution < 1.29 is 47.5 Å². The van der Waals surface area contributed by atoms with E-state index >= 15 is 0 Å². The maximum absolute atomic E-state index is 12.6. The summed E-state index contributed by atoms with van der Waals surface area (Å²) in [7, 11) is 1.56. The Balaban J connectivity index is 1.24. The number of hydrogen-bond donors (Lipinski definition) is 1. The third-order valence-electron chi connectivity index (χ3n) is 6.49. The second kappa shape index (κ2) is 19.8. The molecule has 11 heteroatoms. The van der Waals surface area contributed by atoms with E-state index in [0.29, 0.717) is 80.3 Å². The second-order valence-corrected chi connectivity index (χ2v) is 9.78. The van der Waals surface area contributed by atoms with Crippen LogP contribution in [0, 0.1) is 5.92 Å². The van der Waals surface area contributed by atoms with Gasteiger partial charge in [0, 0.05) is 11.3 Å². The van der Waals surface area contributed by atoms with Crippen LogP contribution in [0.15, 0.2) is 72.8 Å². The van der Waals surface area contributed by atoms with Crippen molar-refractivity contribution in [2.75, 3.05) is 65.3 Å². The van der Waals surface area contributed by atoms with E-state index in [1.807, 2.05) is 13.8 Å². The molecule has 0 saturated carbocycles. The second-order valence-electron chi connectivity index (χ2n) is 9.78. The molecular weight excluding hydrogens is 582 g/mol. The van der Waals surface area contributed by atoms with Gasteiger partial charge >= 0.3 is 11.9 Å². The number of benzene rings is 3. The number of methoxy groups -OCH3 is 1. The fourth-order valence-corrected chi connectivity index (χ4v) is 3.68. The Morgan fingerprint density at radius 3 is 1.73 bits per heavy atom. The average molecular weight is 624 g/mol. The zero-order valence-corrected chi connectivity index (χ0v) is 26.0. The highest BCUT2D eigenvalue weighted by Gasteiger charge is 2.12. The van der Waals surface area contributed by atoms with Crippen LogP contribution in [-0.2, 0) is 23.7 Å². The van der Waals surface area contributed by atoms with Crippen LogP contribution < -0.4 is 19.5 Å². The first kappa shape index (κ1) is 35.0. The zero-order valence-electron chi connectivity index (χ0n) is 26.0. The third-order valence-corrected chi connectivity index (χ3v) is 6.49. The molecular formula is C34H41NO10. The van der Waals surface area contributed by atoms with E-state index in [0.717, 1.165) is 6.42 Å². The standard InChI is InChI=1S/C34H41NO10/c1-4-25(2)33(37)44-24-22-42-20-18-40-17-19-41-21-23-43-30-13-7-27(8-14-30)34(38)45-31-15-9-28(10-16-31)35-32(36)26-5-11-29(39-3)12-6-26/h5-16,25H,4,17-24H2,1-3H3,(H,35,36). The molecule has 0 heterocycles. The number of carbonyl (C=O) groups is 3. The Morgan fingerprint density at radius 2 is 1.16 bits per heavy atom. The van der Waals surface area contributed by atoms with E-state index in [2.05, 4.69) is 5.32 Å². The monoisotopic (exact) mass is 623 g/mol. The number of rotatable bonds is 20. The lowest BCUT2D eigenvalue weighted by Crippen LogP contribution is -2.18. The van der Waals surface area contributed by atoms with Crippen LogP contribution in [0.25, 0.3) is 0 Å². The fraction of sp³-hybridized carbons (Fsp3) is 0.382. The summed E-state index contributed by atoms with van der Waals surface area (Å²) in [5.74, 6) is 0.522. The van der Waals surface area contributed by atoms with Gasteiger partial charge < -0.3 is 38.5 Å². The molecule has 3 rings (SSSR count). The SMILES string of the molecule is CCC(C)C(=O)OCCOCCOCCOCCOc1ccc(C(=O)Oc2ccc(NC(=O)c3ccc(OC)cc3)cc2)cc1. The maximum Gasteiger partial charge on any atom is 0.343 e. The smallest absolute Gasteiger partial charge is 0.343 e. The molecule has 0 spiro atoms. The Kier molecular flexibility index (Phi) is 15.4.